The molecule has 1 aromatic rings. The maximum atomic E-state index is 12.3. The molecule has 0 aliphatic carbocycles. The summed E-state index contributed by atoms with van der Waals surface area (Å²) in [7, 11) is 2.86. The molecule has 9 heteroatoms. The van der Waals surface area contributed by atoms with E-state index in [1.165, 1.54) is 19.1 Å². The molecule has 1 aliphatic rings. The van der Waals surface area contributed by atoms with Gasteiger partial charge in [-0.05, 0) is 6.07 Å². The molecule has 0 radical (unpaired) electrons. The van der Waals surface area contributed by atoms with Crippen molar-refractivity contribution in [1.82, 2.24) is 4.90 Å². The number of aliphatic carboxylic acids is 1. The lowest BCUT2D eigenvalue weighted by atomic mass is 9.88. The minimum Gasteiger partial charge on any atom is -0.493 e. The summed E-state index contributed by atoms with van der Waals surface area (Å²) < 4.78 is 47.5. The molecular formula is C17H20F3NO5. The fourth-order valence-corrected chi connectivity index (χ4v) is 3.18. The predicted molar refractivity (Wildman–Crippen MR) is 85.3 cm³/mol. The highest BCUT2D eigenvalue weighted by atomic mass is 19.4. The molecule has 1 heterocycles. The summed E-state index contributed by atoms with van der Waals surface area (Å²) in [6.07, 6.45) is -6.36. The van der Waals surface area contributed by atoms with E-state index in [1.54, 1.807) is 18.2 Å². The Labute approximate surface area is 148 Å². The molecule has 1 fully saturated rings. The summed E-state index contributed by atoms with van der Waals surface area (Å²) in [6, 6.07) is 4.99. The van der Waals surface area contributed by atoms with E-state index in [2.05, 4.69) is 0 Å². The maximum absolute atomic E-state index is 12.3. The number of likely N-dealkylation sites (tertiary alicyclic amines) is 1. The molecule has 6 nitrogen and oxygen atoms in total. The van der Waals surface area contributed by atoms with E-state index in [1.807, 2.05) is 0 Å². The number of ether oxygens (including phenoxy) is 2. The highest BCUT2D eigenvalue weighted by molar-refractivity contribution is 5.80. The minimum absolute atomic E-state index is 0.0111. The Morgan fingerprint density at radius 2 is 1.92 bits per heavy atom. The van der Waals surface area contributed by atoms with Crippen molar-refractivity contribution < 1.29 is 37.3 Å². The summed E-state index contributed by atoms with van der Waals surface area (Å²) in [6.45, 7) is -0.131. The van der Waals surface area contributed by atoms with Crippen LogP contribution in [0.5, 0.6) is 11.5 Å². The van der Waals surface area contributed by atoms with Gasteiger partial charge in [-0.25, -0.2) is 0 Å². The molecule has 2 atom stereocenters. The number of para-hydroxylation sites is 1. The van der Waals surface area contributed by atoms with Crippen LogP contribution in [0.1, 0.15) is 24.3 Å². The molecule has 0 spiro atoms. The highest BCUT2D eigenvalue weighted by Crippen LogP contribution is 2.42. The van der Waals surface area contributed by atoms with Crippen LogP contribution >= 0.6 is 0 Å². The molecule has 1 saturated heterocycles. The van der Waals surface area contributed by atoms with Crippen LogP contribution in [0.2, 0.25) is 0 Å². The summed E-state index contributed by atoms with van der Waals surface area (Å²) >= 11 is 0. The van der Waals surface area contributed by atoms with Crippen molar-refractivity contribution >= 4 is 11.9 Å². The maximum Gasteiger partial charge on any atom is 0.389 e. The zero-order chi connectivity index (χ0) is 19.5. The fraction of sp³-hybridized carbons (Fsp3) is 0.529. The Kier molecular flexibility index (Phi) is 5.99. The van der Waals surface area contributed by atoms with Crippen molar-refractivity contribution in [3.63, 3.8) is 0 Å². The molecule has 26 heavy (non-hydrogen) atoms. The largest absolute Gasteiger partial charge is 0.493 e. The SMILES string of the molecule is COc1cccc([C@@H]2CN(C(=O)CCC(F)(F)F)C[C@H]2C(=O)O)c1OC. The quantitative estimate of drug-likeness (QED) is 0.827. The Morgan fingerprint density at radius 1 is 1.23 bits per heavy atom. The van der Waals surface area contributed by atoms with Gasteiger partial charge in [0.1, 0.15) is 0 Å². The molecular weight excluding hydrogens is 355 g/mol. The van der Waals surface area contributed by atoms with Gasteiger partial charge in [0.2, 0.25) is 5.91 Å². The molecule has 1 amide bonds. The summed E-state index contributed by atoms with van der Waals surface area (Å²) in [5.74, 6) is -2.60. The standard InChI is InChI=1S/C17H20F3NO5/c1-25-13-5-3-4-10(15(13)26-2)11-8-21(9-12(11)16(23)24)14(22)6-7-17(18,19)20/h3-5,11-12H,6-9H2,1-2H3,(H,23,24)/t11-,12+/m0/s1. The van der Waals surface area contributed by atoms with Crippen LogP contribution in [0.15, 0.2) is 18.2 Å². The molecule has 1 aliphatic heterocycles. The van der Waals surface area contributed by atoms with Crippen molar-refractivity contribution in [1.29, 1.82) is 0 Å². The van der Waals surface area contributed by atoms with Crippen molar-refractivity contribution in [2.24, 2.45) is 5.92 Å². The van der Waals surface area contributed by atoms with Crippen molar-refractivity contribution in [2.45, 2.75) is 24.9 Å². The third-order valence-electron chi connectivity index (χ3n) is 4.44. The molecule has 1 aromatic carbocycles. The zero-order valence-corrected chi connectivity index (χ0v) is 14.4. The first-order chi connectivity index (χ1) is 12.2. The van der Waals surface area contributed by atoms with Gasteiger partial charge < -0.3 is 19.5 Å². The number of carbonyl (C=O) groups excluding carboxylic acids is 1. The van der Waals surface area contributed by atoms with Gasteiger partial charge in [0.25, 0.3) is 0 Å². The second-order valence-electron chi connectivity index (χ2n) is 6.05. The Hall–Kier alpha value is -2.45. The molecule has 0 aromatic heterocycles. The molecule has 0 saturated carbocycles. The van der Waals surface area contributed by atoms with E-state index >= 15 is 0 Å². The molecule has 0 bridgehead atoms. The number of halogens is 3. The van der Waals surface area contributed by atoms with Crippen LogP contribution in [0.25, 0.3) is 0 Å². The van der Waals surface area contributed by atoms with E-state index in [-0.39, 0.29) is 13.1 Å². The lowest BCUT2D eigenvalue weighted by molar-refractivity contribution is -0.149. The second kappa shape index (κ2) is 7.84. The Bertz CT molecular complexity index is 677. The smallest absolute Gasteiger partial charge is 0.389 e. The van der Waals surface area contributed by atoms with Gasteiger partial charge in [0.15, 0.2) is 11.5 Å². The van der Waals surface area contributed by atoms with Crippen LogP contribution in [0.3, 0.4) is 0 Å². The number of hydrogen-bond donors (Lipinski definition) is 1. The van der Waals surface area contributed by atoms with Crippen molar-refractivity contribution in [3.05, 3.63) is 23.8 Å². The van der Waals surface area contributed by atoms with Crippen LogP contribution in [-0.4, -0.2) is 55.4 Å². The van der Waals surface area contributed by atoms with Gasteiger partial charge >= 0.3 is 12.1 Å². The number of carboxylic acids is 1. The summed E-state index contributed by atoms with van der Waals surface area (Å²) in [5, 5.41) is 9.50. The number of hydrogen-bond acceptors (Lipinski definition) is 4. The summed E-state index contributed by atoms with van der Waals surface area (Å²) in [4.78, 5) is 24.9. The monoisotopic (exact) mass is 375 g/mol. The first-order valence-corrected chi connectivity index (χ1v) is 7.96. The lowest BCUT2D eigenvalue weighted by Gasteiger charge is -2.20. The van der Waals surface area contributed by atoms with Gasteiger partial charge in [-0.3, -0.25) is 9.59 Å². The van der Waals surface area contributed by atoms with E-state index < -0.39 is 42.7 Å². The van der Waals surface area contributed by atoms with Crippen molar-refractivity contribution in [2.75, 3.05) is 27.3 Å². The number of benzene rings is 1. The van der Waals surface area contributed by atoms with E-state index in [0.717, 1.165) is 0 Å². The third kappa shape index (κ3) is 4.39. The molecule has 144 valence electrons. The highest BCUT2D eigenvalue weighted by Gasteiger charge is 2.42. The normalized spacial score (nSPS) is 20.1. The first kappa shape index (κ1) is 19.9. The van der Waals surface area contributed by atoms with Crippen LogP contribution < -0.4 is 9.47 Å². The van der Waals surface area contributed by atoms with Gasteiger partial charge in [-0.1, -0.05) is 12.1 Å². The van der Waals surface area contributed by atoms with Gasteiger partial charge in [0, 0.05) is 31.0 Å². The molecule has 2 rings (SSSR count). The van der Waals surface area contributed by atoms with Crippen LogP contribution in [0.4, 0.5) is 13.2 Å². The van der Waals surface area contributed by atoms with Crippen molar-refractivity contribution in [3.8, 4) is 11.5 Å². The van der Waals surface area contributed by atoms with E-state index in [4.69, 9.17) is 9.47 Å². The number of methoxy groups -OCH3 is 2. The number of carbonyl (C=O) groups is 2. The average molecular weight is 375 g/mol. The Morgan fingerprint density at radius 3 is 2.46 bits per heavy atom. The molecule has 0 unspecified atom stereocenters. The first-order valence-electron chi connectivity index (χ1n) is 7.96. The lowest BCUT2D eigenvalue weighted by Crippen LogP contribution is -2.30. The minimum atomic E-state index is -4.43. The number of carboxylic acid groups (broad SMARTS) is 1. The van der Waals surface area contributed by atoms with Gasteiger partial charge in [0.05, 0.1) is 26.6 Å². The number of alkyl halides is 3. The predicted octanol–water partition coefficient (Wildman–Crippen LogP) is 2.67. The Balaban J connectivity index is 2.26. The number of amides is 1. The summed E-state index contributed by atoms with van der Waals surface area (Å²) in [5.41, 5.74) is 0.547. The van der Waals surface area contributed by atoms with Gasteiger partial charge in [-0.2, -0.15) is 13.2 Å². The second-order valence-corrected chi connectivity index (χ2v) is 6.05. The number of nitrogens with zero attached hydrogens (tertiary/aromatic N) is 1. The van der Waals surface area contributed by atoms with E-state index in [0.29, 0.717) is 17.1 Å². The number of rotatable bonds is 6. The average Bonchev–Trinajstić information content (AvgIpc) is 3.03. The molecule has 1 N–H and O–H groups in total. The zero-order valence-electron chi connectivity index (χ0n) is 14.4. The van der Waals surface area contributed by atoms with Crippen LogP contribution in [-0.2, 0) is 9.59 Å². The van der Waals surface area contributed by atoms with E-state index in [9.17, 15) is 27.9 Å². The fourth-order valence-electron chi connectivity index (χ4n) is 3.18. The third-order valence-corrected chi connectivity index (χ3v) is 4.44. The van der Waals surface area contributed by atoms with Gasteiger partial charge in [-0.15, -0.1) is 0 Å². The van der Waals surface area contributed by atoms with Crippen LogP contribution in [0, 0.1) is 5.92 Å². The topological polar surface area (TPSA) is 76.1 Å².